The van der Waals surface area contributed by atoms with Gasteiger partial charge in [-0.25, -0.2) is 4.79 Å². The number of carbonyl (C=O) groups excluding carboxylic acids is 1. The van der Waals surface area contributed by atoms with Crippen LogP contribution in [0.15, 0.2) is 22.8 Å². The van der Waals surface area contributed by atoms with Crippen LogP contribution in [-0.4, -0.2) is 35.0 Å². The van der Waals surface area contributed by atoms with E-state index in [1.807, 2.05) is 6.08 Å². The number of carboxylic acids is 1. The molecule has 0 saturated carbocycles. The molecule has 1 N–H and O–H groups in total. The lowest BCUT2D eigenvalue weighted by Crippen LogP contribution is -2.32. The third-order valence-electron chi connectivity index (χ3n) is 2.86. The normalized spacial score (nSPS) is 15.6. The highest BCUT2D eigenvalue weighted by atomic mass is 16.4. The van der Waals surface area contributed by atoms with Gasteiger partial charge in [-0.2, -0.15) is 0 Å². The molecule has 2 rings (SSSR count). The highest BCUT2D eigenvalue weighted by Crippen LogP contribution is 2.26. The molecule has 0 spiro atoms. The number of amides is 1. The minimum atomic E-state index is -1.07. The van der Waals surface area contributed by atoms with Crippen LogP contribution >= 0.6 is 0 Å². The van der Waals surface area contributed by atoms with Crippen LogP contribution in [0.1, 0.15) is 29.5 Å². The van der Waals surface area contributed by atoms with Crippen molar-refractivity contribution in [3.63, 3.8) is 0 Å². The molecule has 5 nitrogen and oxygen atoms in total. The first-order chi connectivity index (χ1) is 8.09. The smallest absolute Gasteiger partial charge is 0.372 e. The van der Waals surface area contributed by atoms with Gasteiger partial charge in [-0.1, -0.05) is 6.08 Å². The van der Waals surface area contributed by atoms with E-state index in [0.29, 0.717) is 25.1 Å². The van der Waals surface area contributed by atoms with E-state index in [1.165, 1.54) is 13.2 Å². The van der Waals surface area contributed by atoms with Crippen molar-refractivity contribution in [2.45, 2.75) is 13.3 Å². The van der Waals surface area contributed by atoms with E-state index >= 15 is 0 Å². The van der Waals surface area contributed by atoms with Gasteiger partial charge in [0.25, 0.3) is 0 Å². The van der Waals surface area contributed by atoms with Gasteiger partial charge in [-0.05, 0) is 18.1 Å². The van der Waals surface area contributed by atoms with Crippen LogP contribution in [-0.2, 0) is 4.79 Å². The number of hydrogen-bond donors (Lipinski definition) is 1. The van der Waals surface area contributed by atoms with Crippen LogP contribution in [0, 0.1) is 0 Å². The first kappa shape index (κ1) is 11.4. The molecule has 1 amide bonds. The number of carbonyl (C=O) groups is 2. The monoisotopic (exact) mass is 235 g/mol. The summed E-state index contributed by atoms with van der Waals surface area (Å²) in [5, 5.41) is 8.94. The number of nitrogens with zero attached hydrogens (tertiary/aromatic N) is 1. The predicted molar refractivity (Wildman–Crippen MR) is 60.5 cm³/mol. The molecular formula is C12H13NO4. The van der Waals surface area contributed by atoms with Gasteiger partial charge in [-0.3, -0.25) is 4.79 Å². The van der Waals surface area contributed by atoms with Crippen LogP contribution in [0.25, 0.3) is 5.57 Å². The van der Waals surface area contributed by atoms with Crippen LogP contribution < -0.4 is 0 Å². The zero-order valence-corrected chi connectivity index (χ0v) is 9.47. The third kappa shape index (κ3) is 2.22. The minimum Gasteiger partial charge on any atom is -0.475 e. The number of rotatable bonds is 2. The topological polar surface area (TPSA) is 70.8 Å². The first-order valence-electron chi connectivity index (χ1n) is 5.35. The first-order valence-corrected chi connectivity index (χ1v) is 5.35. The Morgan fingerprint density at radius 3 is 2.76 bits per heavy atom. The fraction of sp³-hybridized carbons (Fsp3) is 0.333. The lowest BCUT2D eigenvalue weighted by molar-refractivity contribution is -0.128. The molecule has 0 saturated heterocycles. The molecule has 0 atom stereocenters. The SMILES string of the molecule is CC(=O)N1CC=C(c2ccoc2C(=O)O)CC1. The van der Waals surface area contributed by atoms with E-state index in [2.05, 4.69) is 0 Å². The maximum absolute atomic E-state index is 11.2. The second-order valence-corrected chi connectivity index (χ2v) is 3.91. The number of carboxylic acid groups (broad SMARTS) is 1. The Labute approximate surface area is 98.3 Å². The third-order valence-corrected chi connectivity index (χ3v) is 2.86. The number of aromatic carboxylic acids is 1. The van der Waals surface area contributed by atoms with Crippen molar-refractivity contribution in [1.29, 1.82) is 0 Å². The number of furan rings is 1. The van der Waals surface area contributed by atoms with Crippen molar-refractivity contribution in [1.82, 2.24) is 4.90 Å². The van der Waals surface area contributed by atoms with Crippen LogP contribution in [0.5, 0.6) is 0 Å². The van der Waals surface area contributed by atoms with E-state index in [-0.39, 0.29) is 11.7 Å². The van der Waals surface area contributed by atoms with E-state index < -0.39 is 5.97 Å². The van der Waals surface area contributed by atoms with E-state index in [9.17, 15) is 9.59 Å². The molecule has 2 heterocycles. The molecule has 0 fully saturated rings. The standard InChI is InChI=1S/C12H13NO4/c1-8(14)13-5-2-9(3-6-13)10-4-7-17-11(10)12(15)16/h2,4,7H,3,5-6H2,1H3,(H,15,16). The number of hydrogen-bond acceptors (Lipinski definition) is 3. The molecule has 5 heteroatoms. The summed E-state index contributed by atoms with van der Waals surface area (Å²) >= 11 is 0. The Morgan fingerprint density at radius 1 is 1.47 bits per heavy atom. The quantitative estimate of drug-likeness (QED) is 0.845. The van der Waals surface area contributed by atoms with Crippen molar-refractivity contribution in [3.05, 3.63) is 29.7 Å². The molecule has 1 aliphatic heterocycles. The Hall–Kier alpha value is -2.04. The Morgan fingerprint density at radius 2 is 2.24 bits per heavy atom. The highest BCUT2D eigenvalue weighted by molar-refractivity contribution is 5.91. The molecule has 0 radical (unpaired) electrons. The lowest BCUT2D eigenvalue weighted by Gasteiger charge is -2.25. The van der Waals surface area contributed by atoms with Gasteiger partial charge in [0.2, 0.25) is 11.7 Å². The molecule has 0 aromatic carbocycles. The summed E-state index contributed by atoms with van der Waals surface area (Å²) in [6.07, 6.45) is 3.90. The zero-order valence-electron chi connectivity index (χ0n) is 9.47. The van der Waals surface area contributed by atoms with E-state index in [4.69, 9.17) is 9.52 Å². The minimum absolute atomic E-state index is 0.0333. The van der Waals surface area contributed by atoms with Crippen molar-refractivity contribution < 1.29 is 19.1 Å². The second kappa shape index (κ2) is 4.45. The van der Waals surface area contributed by atoms with Gasteiger partial charge in [0.15, 0.2) is 0 Å². The van der Waals surface area contributed by atoms with Gasteiger partial charge in [0.05, 0.1) is 6.26 Å². The van der Waals surface area contributed by atoms with Gasteiger partial charge in [-0.15, -0.1) is 0 Å². The lowest BCUT2D eigenvalue weighted by atomic mass is 10.00. The van der Waals surface area contributed by atoms with Gasteiger partial charge in [0.1, 0.15) is 0 Å². The van der Waals surface area contributed by atoms with Crippen LogP contribution in [0.3, 0.4) is 0 Å². The summed E-state index contributed by atoms with van der Waals surface area (Å²) < 4.78 is 4.93. The fourth-order valence-corrected chi connectivity index (χ4v) is 1.93. The van der Waals surface area contributed by atoms with Crippen molar-refractivity contribution in [2.75, 3.05) is 13.1 Å². The summed E-state index contributed by atoms with van der Waals surface area (Å²) in [7, 11) is 0. The Kier molecular flexibility index (Phi) is 2.99. The van der Waals surface area contributed by atoms with Crippen molar-refractivity contribution in [3.8, 4) is 0 Å². The van der Waals surface area contributed by atoms with Gasteiger partial charge >= 0.3 is 5.97 Å². The summed E-state index contributed by atoms with van der Waals surface area (Å²) in [5.74, 6) is -1.07. The Balaban J connectivity index is 2.22. The largest absolute Gasteiger partial charge is 0.475 e. The molecular weight excluding hydrogens is 222 g/mol. The van der Waals surface area contributed by atoms with Crippen LogP contribution in [0.4, 0.5) is 0 Å². The summed E-state index contributed by atoms with van der Waals surface area (Å²) in [6.45, 7) is 2.67. The van der Waals surface area contributed by atoms with E-state index in [0.717, 1.165) is 5.57 Å². The maximum Gasteiger partial charge on any atom is 0.372 e. The fourth-order valence-electron chi connectivity index (χ4n) is 1.93. The summed E-state index contributed by atoms with van der Waals surface area (Å²) in [6, 6.07) is 1.65. The van der Waals surface area contributed by atoms with Gasteiger partial charge in [0, 0.05) is 25.6 Å². The summed E-state index contributed by atoms with van der Waals surface area (Å²) in [4.78, 5) is 23.8. The molecule has 0 bridgehead atoms. The molecule has 1 aromatic rings. The summed E-state index contributed by atoms with van der Waals surface area (Å²) in [5.41, 5.74) is 1.54. The van der Waals surface area contributed by atoms with Crippen molar-refractivity contribution in [2.24, 2.45) is 0 Å². The molecule has 1 aliphatic rings. The molecule has 17 heavy (non-hydrogen) atoms. The van der Waals surface area contributed by atoms with E-state index in [1.54, 1.807) is 11.0 Å². The average Bonchev–Trinajstić information content (AvgIpc) is 2.78. The average molecular weight is 235 g/mol. The maximum atomic E-state index is 11.2. The zero-order chi connectivity index (χ0) is 12.4. The van der Waals surface area contributed by atoms with Gasteiger partial charge < -0.3 is 14.4 Å². The Bertz CT molecular complexity index is 486. The molecule has 0 aliphatic carbocycles. The molecule has 1 aromatic heterocycles. The highest BCUT2D eigenvalue weighted by Gasteiger charge is 2.21. The second-order valence-electron chi connectivity index (χ2n) is 3.91. The van der Waals surface area contributed by atoms with Crippen LogP contribution in [0.2, 0.25) is 0 Å². The molecule has 90 valence electrons. The molecule has 0 unspecified atom stereocenters. The van der Waals surface area contributed by atoms with Crippen molar-refractivity contribution >= 4 is 17.4 Å². The predicted octanol–water partition coefficient (Wildman–Crippen LogP) is 1.61.